The Labute approximate surface area is 220 Å². The molecule has 3 heterocycles. The van der Waals surface area contributed by atoms with Crippen molar-refractivity contribution in [2.24, 2.45) is 0 Å². The molecule has 0 N–H and O–H groups in total. The molecule has 2 fully saturated rings. The van der Waals surface area contributed by atoms with Crippen molar-refractivity contribution in [3.8, 4) is 0 Å². The average molecular weight is 527 g/mol. The summed E-state index contributed by atoms with van der Waals surface area (Å²) in [6.45, 7) is 5.79. The molecule has 1 aromatic heterocycles. The third kappa shape index (κ3) is 4.29. The Hall–Kier alpha value is -2.32. The highest BCUT2D eigenvalue weighted by atomic mass is 35.5. The Morgan fingerprint density at radius 2 is 1.69 bits per heavy atom. The number of piperidine rings is 1. The molecule has 0 saturated carbocycles. The molecule has 0 aliphatic carbocycles. The van der Waals surface area contributed by atoms with Crippen LogP contribution in [0.1, 0.15) is 42.9 Å². The summed E-state index contributed by atoms with van der Waals surface area (Å²) in [5.41, 5.74) is 2.33. The first-order valence-corrected chi connectivity index (χ1v) is 13.4. The number of amides is 1. The lowest BCUT2D eigenvalue weighted by atomic mass is 9.73. The fraction of sp³-hybridized carbons (Fsp3) is 0.333. The number of anilines is 1. The van der Waals surface area contributed by atoms with Crippen LogP contribution in [0.5, 0.6) is 0 Å². The van der Waals surface area contributed by atoms with E-state index < -0.39 is 11.5 Å². The summed E-state index contributed by atoms with van der Waals surface area (Å²) in [5.74, 6) is -1.51. The van der Waals surface area contributed by atoms with E-state index in [9.17, 15) is 9.59 Å². The van der Waals surface area contributed by atoms with Gasteiger partial charge in [0.15, 0.2) is 5.78 Å². The molecule has 2 aromatic carbocycles. The predicted molar refractivity (Wildman–Crippen MR) is 143 cm³/mol. The number of rotatable bonds is 4. The maximum atomic E-state index is 13.7. The van der Waals surface area contributed by atoms with E-state index in [1.54, 1.807) is 24.3 Å². The molecule has 5 rings (SSSR count). The molecule has 4 atom stereocenters. The minimum Gasteiger partial charge on any atom is -0.372 e. The van der Waals surface area contributed by atoms with Gasteiger partial charge in [-0.15, -0.1) is 0 Å². The fourth-order valence-corrected chi connectivity index (χ4v) is 6.73. The van der Waals surface area contributed by atoms with Crippen molar-refractivity contribution in [1.82, 2.24) is 4.31 Å². The second kappa shape index (κ2) is 9.62. The number of Topliss-reactive ketones (excluding diaryl/α,β-unsaturated/α-hetero) is 1. The monoisotopic (exact) mass is 526 g/mol. The zero-order valence-electron chi connectivity index (χ0n) is 19.6. The number of thiol groups is 1. The van der Waals surface area contributed by atoms with Crippen LogP contribution in [0.3, 0.4) is 0 Å². The highest BCUT2D eigenvalue weighted by molar-refractivity contribution is 7.78. The number of carbonyl (C=O) groups is 2. The lowest BCUT2D eigenvalue weighted by molar-refractivity contribution is -0.142. The number of morpholine rings is 1. The van der Waals surface area contributed by atoms with Crippen molar-refractivity contribution < 1.29 is 14.3 Å². The number of ketones is 1. The van der Waals surface area contributed by atoms with Crippen LogP contribution in [0.2, 0.25) is 5.02 Å². The molecule has 2 aliphatic rings. The Morgan fingerprint density at radius 3 is 2.31 bits per heavy atom. The highest BCUT2D eigenvalue weighted by Crippen LogP contribution is 2.48. The zero-order valence-corrected chi connectivity index (χ0v) is 22.0. The molecule has 3 aromatic rings. The van der Waals surface area contributed by atoms with Crippen LogP contribution in [0, 0.1) is 0 Å². The van der Waals surface area contributed by atoms with E-state index in [4.69, 9.17) is 29.2 Å². The maximum absolute atomic E-state index is 13.7. The summed E-state index contributed by atoms with van der Waals surface area (Å²) in [6.07, 6.45) is 0.414. The Bertz CT molecular complexity index is 1220. The quantitative estimate of drug-likeness (QED) is 0.350. The molecule has 4 unspecified atom stereocenters. The standard InChI is InChI=1S/C27H27ClN2O3S2/c1-17-14-29(15-18(2)33-17)21-9-7-19(8-10-21)27(20-11-12-35-16-20)13-24(31)25(26(32)30(27)34)22-5-3-4-6-23(22)28/h3-12,16-18,25,34H,13-15H2,1-2H3. The average Bonchev–Trinajstić information content (AvgIpc) is 3.38. The van der Waals surface area contributed by atoms with Crippen molar-refractivity contribution in [2.75, 3.05) is 18.0 Å². The molecule has 1 amide bonds. The molecule has 0 bridgehead atoms. The van der Waals surface area contributed by atoms with Crippen molar-refractivity contribution >= 4 is 53.1 Å². The zero-order chi connectivity index (χ0) is 24.7. The number of thiophene rings is 1. The van der Waals surface area contributed by atoms with Crippen LogP contribution in [0.4, 0.5) is 5.69 Å². The van der Waals surface area contributed by atoms with Crippen molar-refractivity contribution in [3.63, 3.8) is 0 Å². The minimum absolute atomic E-state index is 0.111. The molecule has 2 aliphatic heterocycles. The minimum atomic E-state index is -1.00. The summed E-state index contributed by atoms with van der Waals surface area (Å²) in [4.78, 5) is 29.6. The van der Waals surface area contributed by atoms with Gasteiger partial charge in [-0.1, -0.05) is 54.7 Å². The van der Waals surface area contributed by atoms with Crippen LogP contribution in [-0.4, -0.2) is 41.3 Å². The summed E-state index contributed by atoms with van der Waals surface area (Å²) in [6, 6.07) is 17.1. The lowest BCUT2D eigenvalue weighted by Crippen LogP contribution is -2.54. The smallest absolute Gasteiger partial charge is 0.248 e. The summed E-state index contributed by atoms with van der Waals surface area (Å²) in [5, 5.41) is 4.35. The summed E-state index contributed by atoms with van der Waals surface area (Å²) >= 11 is 12.6. The fourth-order valence-electron chi connectivity index (χ4n) is 5.34. The van der Waals surface area contributed by atoms with Gasteiger partial charge in [-0.2, -0.15) is 11.3 Å². The first-order valence-electron chi connectivity index (χ1n) is 11.6. The normalized spacial score (nSPS) is 27.4. The molecule has 182 valence electrons. The van der Waals surface area contributed by atoms with Crippen molar-refractivity contribution in [3.05, 3.63) is 87.1 Å². The van der Waals surface area contributed by atoms with Gasteiger partial charge >= 0.3 is 0 Å². The van der Waals surface area contributed by atoms with Crippen LogP contribution >= 0.6 is 35.8 Å². The van der Waals surface area contributed by atoms with E-state index in [1.165, 1.54) is 15.6 Å². The van der Waals surface area contributed by atoms with Gasteiger partial charge in [-0.05, 0) is 65.6 Å². The van der Waals surface area contributed by atoms with Crippen LogP contribution < -0.4 is 4.90 Å². The number of benzene rings is 2. The van der Waals surface area contributed by atoms with E-state index in [1.807, 2.05) is 29.0 Å². The second-order valence-electron chi connectivity index (χ2n) is 9.33. The van der Waals surface area contributed by atoms with E-state index in [0.29, 0.717) is 10.6 Å². The van der Waals surface area contributed by atoms with Crippen LogP contribution in [0.25, 0.3) is 0 Å². The molecule has 2 saturated heterocycles. The maximum Gasteiger partial charge on any atom is 0.248 e. The van der Waals surface area contributed by atoms with E-state index in [2.05, 4.69) is 30.9 Å². The van der Waals surface area contributed by atoms with Gasteiger partial charge in [0.2, 0.25) is 5.91 Å². The molecule has 0 spiro atoms. The largest absolute Gasteiger partial charge is 0.372 e. The van der Waals surface area contributed by atoms with Crippen molar-refractivity contribution in [1.29, 1.82) is 0 Å². The molecule has 5 nitrogen and oxygen atoms in total. The molecular formula is C27H27ClN2O3S2. The SMILES string of the molecule is CC1CN(c2ccc(C3(c4ccsc4)CC(=O)C(c4ccccc4Cl)C(=O)N3S)cc2)CC(C)O1. The van der Waals surface area contributed by atoms with Gasteiger partial charge in [0.05, 0.1) is 12.2 Å². The predicted octanol–water partition coefficient (Wildman–Crippen LogP) is 5.69. The van der Waals surface area contributed by atoms with Gasteiger partial charge in [-0.25, -0.2) is 0 Å². The van der Waals surface area contributed by atoms with Gasteiger partial charge in [0.25, 0.3) is 0 Å². The number of halogens is 1. The molecule has 0 radical (unpaired) electrons. The third-order valence-corrected chi connectivity index (χ3v) is 8.48. The number of nitrogens with zero attached hydrogens (tertiary/aromatic N) is 2. The van der Waals surface area contributed by atoms with Gasteiger partial charge in [0.1, 0.15) is 11.5 Å². The highest BCUT2D eigenvalue weighted by Gasteiger charge is 2.52. The number of hydrogen-bond donors (Lipinski definition) is 1. The number of carbonyl (C=O) groups excluding carboxylic acids is 2. The number of hydrogen-bond acceptors (Lipinski definition) is 6. The summed E-state index contributed by atoms with van der Waals surface area (Å²) < 4.78 is 7.32. The Balaban J connectivity index is 1.54. The molecule has 8 heteroatoms. The third-order valence-electron chi connectivity index (χ3n) is 6.91. The first-order chi connectivity index (χ1) is 16.8. The van der Waals surface area contributed by atoms with Crippen molar-refractivity contribution in [2.45, 2.75) is 43.9 Å². The van der Waals surface area contributed by atoms with E-state index >= 15 is 0 Å². The van der Waals surface area contributed by atoms with Crippen LogP contribution in [-0.2, 0) is 19.9 Å². The Kier molecular flexibility index (Phi) is 6.70. The summed E-state index contributed by atoms with van der Waals surface area (Å²) in [7, 11) is 0. The Morgan fingerprint density at radius 1 is 1.00 bits per heavy atom. The van der Waals surface area contributed by atoms with E-state index in [-0.39, 0.29) is 30.3 Å². The van der Waals surface area contributed by atoms with E-state index in [0.717, 1.165) is 29.9 Å². The van der Waals surface area contributed by atoms with Gasteiger partial charge in [0, 0.05) is 30.2 Å². The lowest BCUT2D eigenvalue weighted by Gasteiger charge is -2.46. The van der Waals surface area contributed by atoms with Gasteiger partial charge in [-0.3, -0.25) is 13.9 Å². The van der Waals surface area contributed by atoms with Crippen LogP contribution in [0.15, 0.2) is 65.4 Å². The number of ether oxygens (including phenoxy) is 1. The molecular weight excluding hydrogens is 500 g/mol. The first kappa shape index (κ1) is 24.4. The molecule has 35 heavy (non-hydrogen) atoms. The topological polar surface area (TPSA) is 49.9 Å². The second-order valence-corrected chi connectivity index (χ2v) is 10.9. The van der Waals surface area contributed by atoms with Gasteiger partial charge < -0.3 is 9.64 Å².